The lowest BCUT2D eigenvalue weighted by molar-refractivity contribution is -0.127. The molecule has 6 heteroatoms. The quantitative estimate of drug-likeness (QED) is 0.219. The molecule has 1 aliphatic carbocycles. The number of likely N-dealkylation sites (tertiary alicyclic amines) is 1. The number of ether oxygens (including phenoxy) is 1. The summed E-state index contributed by atoms with van der Waals surface area (Å²) in [5.41, 5.74) is 6.02. The molecule has 1 aromatic carbocycles. The van der Waals surface area contributed by atoms with Crippen molar-refractivity contribution in [2.45, 2.75) is 58.2 Å². The number of benzene rings is 1. The first-order valence-electron chi connectivity index (χ1n) is 14.4. The molecule has 6 rings (SSSR count). The number of unbranched alkanes of at least 4 members (excludes halogenated alkanes) is 1. The van der Waals surface area contributed by atoms with Crippen molar-refractivity contribution in [3.8, 4) is 11.8 Å². The van der Waals surface area contributed by atoms with Crippen molar-refractivity contribution in [2.24, 2.45) is 5.92 Å². The van der Waals surface area contributed by atoms with E-state index < -0.39 is 11.6 Å². The summed E-state index contributed by atoms with van der Waals surface area (Å²) in [5, 5.41) is 0. The van der Waals surface area contributed by atoms with Crippen LogP contribution in [-0.2, 0) is 9.53 Å². The molecule has 0 aromatic heterocycles. The fourth-order valence-corrected chi connectivity index (χ4v) is 5.91. The van der Waals surface area contributed by atoms with Crippen LogP contribution in [0.15, 0.2) is 89.5 Å². The summed E-state index contributed by atoms with van der Waals surface area (Å²) in [6, 6.07) is 2.60. The Morgan fingerprint density at radius 2 is 2.00 bits per heavy atom. The monoisotopic (exact) mass is 552 g/mol. The first-order valence-corrected chi connectivity index (χ1v) is 14.4. The van der Waals surface area contributed by atoms with Crippen LogP contribution in [0, 0.1) is 36.3 Å². The molecular weight excluding hydrogens is 518 g/mol. The normalized spacial score (nSPS) is 25.1. The van der Waals surface area contributed by atoms with Crippen LogP contribution >= 0.6 is 0 Å². The van der Waals surface area contributed by atoms with Gasteiger partial charge < -0.3 is 14.5 Å². The van der Waals surface area contributed by atoms with Crippen LogP contribution in [0.1, 0.15) is 50.2 Å². The van der Waals surface area contributed by atoms with Gasteiger partial charge in [-0.25, -0.2) is 8.78 Å². The molecule has 3 atom stereocenters. The van der Waals surface area contributed by atoms with Crippen molar-refractivity contribution in [1.29, 1.82) is 0 Å². The minimum absolute atomic E-state index is 0.175. The standard InChI is InChI=1S/C35H34F2N2O2/c1-22-10-13-27(28(17-22)29-20-30(36)24(3)19-31(29)37)25-11-12-26-16-23(2)18-32(39(26)21-25)35-33(41-35)8-5-4-6-14-38-15-7-9-34(38)40/h10-13,16,18-22,33,35H,2,4,6-7,9,14-15,17H2,1,3H3. The molecule has 4 heterocycles. The van der Waals surface area contributed by atoms with Crippen LogP contribution in [0.4, 0.5) is 8.78 Å². The van der Waals surface area contributed by atoms with E-state index in [1.54, 1.807) is 6.92 Å². The van der Waals surface area contributed by atoms with Crippen molar-refractivity contribution < 1.29 is 18.3 Å². The Morgan fingerprint density at radius 3 is 2.80 bits per heavy atom. The summed E-state index contributed by atoms with van der Waals surface area (Å²) in [6.07, 6.45) is 17.7. The molecule has 2 fully saturated rings. The maximum Gasteiger partial charge on any atom is 0.222 e. The molecule has 0 saturated carbocycles. The SMILES string of the molecule is C=C1C=C2C=CC(C3=C(c4cc(F)c(C)cc4F)CC(C)C=C3)=CN2C(C2OC2C#CCCCN2CCCC2=O)=C1. The van der Waals surface area contributed by atoms with E-state index in [1.807, 2.05) is 41.5 Å². The summed E-state index contributed by atoms with van der Waals surface area (Å²) in [5.74, 6) is 6.13. The van der Waals surface area contributed by atoms with Gasteiger partial charge in [0.2, 0.25) is 5.91 Å². The van der Waals surface area contributed by atoms with Crippen molar-refractivity contribution in [3.05, 3.63) is 112 Å². The van der Waals surface area contributed by atoms with Crippen molar-refractivity contribution in [3.63, 3.8) is 0 Å². The number of halogens is 2. The van der Waals surface area contributed by atoms with E-state index in [0.717, 1.165) is 66.0 Å². The molecule has 0 radical (unpaired) electrons. The highest BCUT2D eigenvalue weighted by Gasteiger charge is 2.44. The molecule has 1 amide bonds. The number of amides is 1. The molecule has 0 bridgehead atoms. The smallest absolute Gasteiger partial charge is 0.222 e. The van der Waals surface area contributed by atoms with Gasteiger partial charge in [-0.15, -0.1) is 5.92 Å². The molecule has 0 N–H and O–H groups in total. The van der Waals surface area contributed by atoms with E-state index in [2.05, 4.69) is 36.3 Å². The van der Waals surface area contributed by atoms with E-state index in [0.29, 0.717) is 24.0 Å². The Labute approximate surface area is 240 Å². The molecule has 3 unspecified atom stereocenters. The average molecular weight is 553 g/mol. The molecule has 4 nitrogen and oxygen atoms in total. The lowest BCUT2D eigenvalue weighted by Crippen LogP contribution is -2.25. The van der Waals surface area contributed by atoms with Gasteiger partial charge in [0, 0.05) is 43.4 Å². The topological polar surface area (TPSA) is 36.1 Å². The molecule has 1 aromatic rings. The van der Waals surface area contributed by atoms with E-state index in [1.165, 1.54) is 12.1 Å². The van der Waals surface area contributed by atoms with Gasteiger partial charge in [0.25, 0.3) is 0 Å². The molecule has 2 saturated heterocycles. The second-order valence-electron chi connectivity index (χ2n) is 11.4. The third-order valence-electron chi connectivity index (χ3n) is 8.18. The number of rotatable bonds is 6. The van der Waals surface area contributed by atoms with Gasteiger partial charge in [-0.2, -0.15) is 0 Å². The molecule has 5 aliphatic rings. The van der Waals surface area contributed by atoms with Gasteiger partial charge in [0.05, 0.1) is 5.70 Å². The number of nitrogens with zero attached hydrogens (tertiary/aromatic N) is 2. The maximum absolute atomic E-state index is 15.1. The Hall–Kier alpha value is -3.95. The molecule has 0 spiro atoms. The Balaban J connectivity index is 1.22. The minimum atomic E-state index is -0.408. The van der Waals surface area contributed by atoms with E-state index >= 15 is 4.39 Å². The second kappa shape index (κ2) is 11.1. The summed E-state index contributed by atoms with van der Waals surface area (Å²) in [4.78, 5) is 15.8. The van der Waals surface area contributed by atoms with E-state index in [-0.39, 0.29) is 24.0 Å². The highest BCUT2D eigenvalue weighted by molar-refractivity contribution is 5.79. The van der Waals surface area contributed by atoms with Gasteiger partial charge in [-0.05, 0) is 90.3 Å². The fourth-order valence-electron chi connectivity index (χ4n) is 5.91. The number of aryl methyl sites for hydroxylation is 1. The fraction of sp³-hybridized carbons (Fsp3) is 0.343. The van der Waals surface area contributed by atoms with Gasteiger partial charge in [-0.1, -0.05) is 37.7 Å². The summed E-state index contributed by atoms with van der Waals surface area (Å²) < 4.78 is 35.6. The molecule has 41 heavy (non-hydrogen) atoms. The highest BCUT2D eigenvalue weighted by Crippen LogP contribution is 2.42. The zero-order valence-electron chi connectivity index (χ0n) is 23.6. The summed E-state index contributed by atoms with van der Waals surface area (Å²) in [7, 11) is 0. The molecule has 4 aliphatic heterocycles. The predicted molar refractivity (Wildman–Crippen MR) is 157 cm³/mol. The van der Waals surface area contributed by atoms with Gasteiger partial charge in [0.15, 0.2) is 6.10 Å². The summed E-state index contributed by atoms with van der Waals surface area (Å²) >= 11 is 0. The van der Waals surface area contributed by atoms with Gasteiger partial charge >= 0.3 is 0 Å². The minimum Gasteiger partial charge on any atom is -0.349 e. The van der Waals surface area contributed by atoms with Crippen LogP contribution in [0.3, 0.4) is 0 Å². The zero-order chi connectivity index (χ0) is 28.7. The largest absolute Gasteiger partial charge is 0.349 e. The molecular formula is C35H34F2N2O2. The number of fused-ring (bicyclic) bond motifs is 1. The lowest BCUT2D eigenvalue weighted by atomic mass is 9.82. The third kappa shape index (κ3) is 5.64. The third-order valence-corrected chi connectivity index (χ3v) is 8.18. The summed E-state index contributed by atoms with van der Waals surface area (Å²) in [6.45, 7) is 9.44. The Bertz CT molecular complexity index is 1560. The highest BCUT2D eigenvalue weighted by atomic mass is 19.1. The van der Waals surface area contributed by atoms with Crippen LogP contribution in [0.5, 0.6) is 0 Å². The number of hydrogen-bond donors (Lipinski definition) is 0. The Morgan fingerprint density at radius 1 is 1.15 bits per heavy atom. The van der Waals surface area contributed by atoms with Crippen LogP contribution < -0.4 is 0 Å². The van der Waals surface area contributed by atoms with E-state index in [9.17, 15) is 9.18 Å². The van der Waals surface area contributed by atoms with E-state index in [4.69, 9.17) is 4.74 Å². The first kappa shape index (κ1) is 27.2. The Kier molecular flexibility index (Phi) is 7.40. The van der Waals surface area contributed by atoms with Crippen molar-refractivity contribution in [1.82, 2.24) is 9.80 Å². The number of epoxide rings is 1. The van der Waals surface area contributed by atoms with Crippen molar-refractivity contribution in [2.75, 3.05) is 13.1 Å². The maximum atomic E-state index is 15.1. The number of hydrogen-bond acceptors (Lipinski definition) is 3. The number of allylic oxidation sites excluding steroid dienone is 10. The van der Waals surface area contributed by atoms with Crippen molar-refractivity contribution >= 4 is 11.5 Å². The number of carbonyl (C=O) groups excluding carboxylic acids is 1. The van der Waals surface area contributed by atoms with Gasteiger partial charge in [-0.3, -0.25) is 4.79 Å². The second-order valence-corrected chi connectivity index (χ2v) is 11.4. The van der Waals surface area contributed by atoms with Crippen LogP contribution in [0.25, 0.3) is 5.57 Å². The van der Waals surface area contributed by atoms with Crippen LogP contribution in [-0.4, -0.2) is 41.0 Å². The van der Waals surface area contributed by atoms with Gasteiger partial charge in [0.1, 0.15) is 17.7 Å². The zero-order valence-corrected chi connectivity index (χ0v) is 23.6. The number of carbonyl (C=O) groups is 1. The predicted octanol–water partition coefficient (Wildman–Crippen LogP) is 6.89. The first-order chi connectivity index (χ1) is 19.8. The lowest BCUT2D eigenvalue weighted by Gasteiger charge is -2.32. The average Bonchev–Trinajstić information content (AvgIpc) is 3.60. The van der Waals surface area contributed by atoms with Crippen LogP contribution in [0.2, 0.25) is 0 Å². The molecule has 210 valence electrons.